The maximum Gasteiger partial charge on any atom is 0.323 e. The minimum atomic E-state index is -0.984. The van der Waals surface area contributed by atoms with Crippen molar-refractivity contribution in [2.75, 3.05) is 6.54 Å². The SMILES string of the molecule is Cn1cncc1C(=O)N(CC(=O)O)C1CC1. The fraction of sp³-hybridized carbons (Fsp3) is 0.500. The number of nitrogens with zero attached hydrogens (tertiary/aromatic N) is 3. The van der Waals surface area contributed by atoms with Crippen LogP contribution in [0.5, 0.6) is 0 Å². The highest BCUT2D eigenvalue weighted by Crippen LogP contribution is 2.27. The van der Waals surface area contributed by atoms with E-state index in [-0.39, 0.29) is 18.5 Å². The van der Waals surface area contributed by atoms with Crippen LogP contribution < -0.4 is 0 Å². The molecule has 6 nitrogen and oxygen atoms in total. The van der Waals surface area contributed by atoms with E-state index >= 15 is 0 Å². The number of aromatic nitrogens is 2. The molecule has 0 bridgehead atoms. The zero-order valence-corrected chi connectivity index (χ0v) is 8.96. The number of carbonyl (C=O) groups excluding carboxylic acids is 1. The van der Waals surface area contributed by atoms with Gasteiger partial charge in [0.1, 0.15) is 12.2 Å². The van der Waals surface area contributed by atoms with Crippen molar-refractivity contribution < 1.29 is 14.7 Å². The van der Waals surface area contributed by atoms with Crippen LogP contribution in [-0.2, 0) is 11.8 Å². The highest BCUT2D eigenvalue weighted by Gasteiger charge is 2.35. The van der Waals surface area contributed by atoms with Crippen LogP contribution in [0.4, 0.5) is 0 Å². The van der Waals surface area contributed by atoms with Gasteiger partial charge in [0.05, 0.1) is 12.5 Å². The molecule has 1 aliphatic rings. The number of aryl methyl sites for hydroxylation is 1. The number of hydrogen-bond donors (Lipinski definition) is 1. The molecule has 0 spiro atoms. The monoisotopic (exact) mass is 223 g/mol. The molecule has 0 aliphatic heterocycles. The second-order valence-corrected chi connectivity index (χ2v) is 3.95. The van der Waals surface area contributed by atoms with Crippen LogP contribution >= 0.6 is 0 Å². The molecule has 0 atom stereocenters. The Balaban J connectivity index is 2.17. The van der Waals surface area contributed by atoms with Gasteiger partial charge in [0, 0.05) is 13.1 Å². The van der Waals surface area contributed by atoms with Crippen LogP contribution in [0.2, 0.25) is 0 Å². The van der Waals surface area contributed by atoms with Crippen LogP contribution in [-0.4, -0.2) is 44.0 Å². The first-order valence-electron chi connectivity index (χ1n) is 5.08. The molecular weight excluding hydrogens is 210 g/mol. The number of carboxylic acids is 1. The Labute approximate surface area is 92.5 Å². The predicted molar refractivity (Wildman–Crippen MR) is 54.9 cm³/mol. The van der Waals surface area contributed by atoms with Gasteiger partial charge in [-0.1, -0.05) is 0 Å². The molecule has 1 aliphatic carbocycles. The smallest absolute Gasteiger partial charge is 0.323 e. The summed E-state index contributed by atoms with van der Waals surface area (Å²) in [6.45, 7) is -0.241. The molecule has 1 saturated carbocycles. The normalized spacial score (nSPS) is 14.8. The molecule has 1 fully saturated rings. The lowest BCUT2D eigenvalue weighted by atomic mass is 10.3. The van der Waals surface area contributed by atoms with Crippen LogP contribution in [0.25, 0.3) is 0 Å². The van der Waals surface area contributed by atoms with E-state index in [4.69, 9.17) is 5.11 Å². The van der Waals surface area contributed by atoms with Crippen LogP contribution in [0.3, 0.4) is 0 Å². The average molecular weight is 223 g/mol. The number of aliphatic carboxylic acids is 1. The second kappa shape index (κ2) is 3.96. The summed E-state index contributed by atoms with van der Waals surface area (Å²) in [6.07, 6.45) is 4.76. The molecule has 6 heteroatoms. The van der Waals surface area contributed by atoms with Crippen LogP contribution in [0, 0.1) is 0 Å². The lowest BCUT2D eigenvalue weighted by molar-refractivity contribution is -0.137. The molecular formula is C10H13N3O3. The lowest BCUT2D eigenvalue weighted by Crippen LogP contribution is -2.38. The van der Waals surface area contributed by atoms with Crippen molar-refractivity contribution >= 4 is 11.9 Å². The van der Waals surface area contributed by atoms with Gasteiger partial charge < -0.3 is 14.6 Å². The Morgan fingerprint density at radius 2 is 2.31 bits per heavy atom. The van der Waals surface area contributed by atoms with Crippen molar-refractivity contribution in [1.82, 2.24) is 14.5 Å². The quantitative estimate of drug-likeness (QED) is 0.786. The zero-order chi connectivity index (χ0) is 11.7. The van der Waals surface area contributed by atoms with E-state index in [0.29, 0.717) is 5.69 Å². The number of carbonyl (C=O) groups is 2. The molecule has 0 radical (unpaired) electrons. The van der Waals surface area contributed by atoms with E-state index in [1.165, 1.54) is 17.4 Å². The Hall–Kier alpha value is -1.85. The van der Waals surface area contributed by atoms with E-state index in [2.05, 4.69) is 4.98 Å². The summed E-state index contributed by atoms with van der Waals surface area (Å²) in [5, 5.41) is 8.76. The van der Waals surface area contributed by atoms with Gasteiger partial charge in [-0.2, -0.15) is 0 Å². The average Bonchev–Trinajstić information content (AvgIpc) is 2.97. The van der Waals surface area contributed by atoms with Gasteiger partial charge in [-0.25, -0.2) is 4.98 Å². The summed E-state index contributed by atoms with van der Waals surface area (Å²) in [7, 11) is 1.71. The van der Waals surface area contributed by atoms with Gasteiger partial charge in [-0.3, -0.25) is 9.59 Å². The Morgan fingerprint density at radius 1 is 1.62 bits per heavy atom. The van der Waals surface area contributed by atoms with E-state index < -0.39 is 5.97 Å². The predicted octanol–water partition coefficient (Wildman–Crippen LogP) is 0.109. The molecule has 1 heterocycles. The third kappa shape index (κ3) is 2.05. The topological polar surface area (TPSA) is 75.4 Å². The molecule has 1 aromatic rings. The highest BCUT2D eigenvalue weighted by molar-refractivity contribution is 5.94. The highest BCUT2D eigenvalue weighted by atomic mass is 16.4. The van der Waals surface area contributed by atoms with Crippen molar-refractivity contribution in [3.63, 3.8) is 0 Å². The van der Waals surface area contributed by atoms with E-state index in [1.807, 2.05) is 0 Å². The summed E-state index contributed by atoms with van der Waals surface area (Å²) in [5.74, 6) is -1.24. The molecule has 2 rings (SSSR count). The molecule has 16 heavy (non-hydrogen) atoms. The summed E-state index contributed by atoms with van der Waals surface area (Å²) in [4.78, 5) is 28.0. The van der Waals surface area contributed by atoms with Crippen LogP contribution in [0.1, 0.15) is 23.3 Å². The molecule has 86 valence electrons. The summed E-state index contributed by atoms with van der Waals surface area (Å²) in [6, 6.07) is 0.0819. The van der Waals surface area contributed by atoms with Gasteiger partial charge in [-0.05, 0) is 12.8 Å². The minimum absolute atomic E-state index is 0.0819. The first-order chi connectivity index (χ1) is 7.59. The standard InChI is InChI=1S/C10H13N3O3/c1-12-6-11-4-8(12)10(16)13(5-9(14)15)7-2-3-7/h4,6-7H,2-3,5H2,1H3,(H,14,15). The van der Waals surface area contributed by atoms with E-state index in [9.17, 15) is 9.59 Å². The van der Waals surface area contributed by atoms with Crippen molar-refractivity contribution in [2.45, 2.75) is 18.9 Å². The molecule has 1 amide bonds. The van der Waals surface area contributed by atoms with Crippen molar-refractivity contribution in [3.8, 4) is 0 Å². The molecule has 1 aromatic heterocycles. The third-order valence-corrected chi connectivity index (χ3v) is 2.59. The van der Waals surface area contributed by atoms with Gasteiger partial charge in [0.15, 0.2) is 0 Å². The number of amides is 1. The first kappa shape index (κ1) is 10.7. The molecule has 0 unspecified atom stereocenters. The third-order valence-electron chi connectivity index (χ3n) is 2.59. The van der Waals surface area contributed by atoms with Crippen LogP contribution in [0.15, 0.2) is 12.5 Å². The van der Waals surface area contributed by atoms with Gasteiger partial charge in [0.2, 0.25) is 0 Å². The van der Waals surface area contributed by atoms with Crippen molar-refractivity contribution in [1.29, 1.82) is 0 Å². The minimum Gasteiger partial charge on any atom is -0.480 e. The van der Waals surface area contributed by atoms with Crippen molar-refractivity contribution in [3.05, 3.63) is 18.2 Å². The lowest BCUT2D eigenvalue weighted by Gasteiger charge is -2.19. The zero-order valence-electron chi connectivity index (χ0n) is 8.96. The van der Waals surface area contributed by atoms with Gasteiger partial charge in [0.25, 0.3) is 5.91 Å². The number of imidazole rings is 1. The van der Waals surface area contributed by atoms with E-state index in [1.54, 1.807) is 11.6 Å². The van der Waals surface area contributed by atoms with Gasteiger partial charge in [-0.15, -0.1) is 0 Å². The van der Waals surface area contributed by atoms with Gasteiger partial charge >= 0.3 is 5.97 Å². The molecule has 0 aromatic carbocycles. The largest absolute Gasteiger partial charge is 0.480 e. The number of hydrogen-bond acceptors (Lipinski definition) is 3. The molecule has 0 saturated heterocycles. The first-order valence-corrected chi connectivity index (χ1v) is 5.08. The molecule has 1 N–H and O–H groups in total. The number of rotatable bonds is 4. The Morgan fingerprint density at radius 3 is 2.75 bits per heavy atom. The maximum atomic E-state index is 12.0. The summed E-state index contributed by atoms with van der Waals surface area (Å²) < 4.78 is 1.60. The fourth-order valence-electron chi connectivity index (χ4n) is 1.61. The fourth-order valence-corrected chi connectivity index (χ4v) is 1.61. The summed E-state index contributed by atoms with van der Waals surface area (Å²) in [5.41, 5.74) is 0.424. The summed E-state index contributed by atoms with van der Waals surface area (Å²) >= 11 is 0. The second-order valence-electron chi connectivity index (χ2n) is 3.95. The maximum absolute atomic E-state index is 12.0. The van der Waals surface area contributed by atoms with E-state index in [0.717, 1.165) is 12.8 Å². The Kier molecular flexibility index (Phi) is 2.64. The number of carboxylic acid groups (broad SMARTS) is 1. The Bertz CT molecular complexity index is 423. The van der Waals surface area contributed by atoms with Crippen molar-refractivity contribution in [2.24, 2.45) is 7.05 Å².